The van der Waals surface area contributed by atoms with Gasteiger partial charge in [-0.25, -0.2) is 13.9 Å². The Morgan fingerprint density at radius 2 is 2.00 bits per heavy atom. The third-order valence-corrected chi connectivity index (χ3v) is 5.39. The fourth-order valence-corrected chi connectivity index (χ4v) is 3.78. The lowest BCUT2D eigenvalue weighted by atomic mass is 9.99. The van der Waals surface area contributed by atoms with Crippen LogP contribution in [0, 0.1) is 0 Å². The molecule has 1 amide bonds. The van der Waals surface area contributed by atoms with E-state index in [0.29, 0.717) is 23.3 Å². The van der Waals surface area contributed by atoms with Crippen molar-refractivity contribution >= 4 is 11.4 Å². The predicted octanol–water partition coefficient (Wildman–Crippen LogP) is 3.45. The average molecular weight is 463 g/mol. The molecule has 0 aliphatic carbocycles. The molecule has 1 aliphatic heterocycles. The molecule has 4 aromatic rings. The molecule has 1 N–H and O–H groups in total. The van der Waals surface area contributed by atoms with Crippen LogP contribution in [-0.2, 0) is 18.3 Å². The molecule has 172 valence electrons. The molecular formula is C20H17F4N7O2. The second-order valence-corrected chi connectivity index (χ2v) is 8.16. The van der Waals surface area contributed by atoms with Gasteiger partial charge in [0.25, 0.3) is 5.89 Å². The SMILES string of the molecule is CC(C)(F)c1nnc(C(=O)N2CCc3[nH]cnc3C2c2cc3ccc(C(F)(F)F)cn3n2)o1. The van der Waals surface area contributed by atoms with Crippen molar-refractivity contribution in [1.29, 1.82) is 0 Å². The topological polar surface area (TPSA) is 105 Å². The number of alkyl halides is 4. The van der Waals surface area contributed by atoms with Gasteiger partial charge in [0, 0.05) is 24.9 Å². The van der Waals surface area contributed by atoms with Gasteiger partial charge in [-0.2, -0.15) is 18.3 Å². The molecule has 0 saturated heterocycles. The van der Waals surface area contributed by atoms with E-state index in [1.54, 1.807) is 6.07 Å². The number of carbonyl (C=O) groups is 1. The van der Waals surface area contributed by atoms with Gasteiger partial charge < -0.3 is 14.3 Å². The van der Waals surface area contributed by atoms with Crippen LogP contribution in [0.1, 0.15) is 59.1 Å². The minimum atomic E-state index is -4.53. The Bertz CT molecular complexity index is 1350. The van der Waals surface area contributed by atoms with E-state index in [4.69, 9.17) is 4.42 Å². The lowest BCUT2D eigenvalue weighted by Crippen LogP contribution is -2.41. The van der Waals surface area contributed by atoms with Crippen molar-refractivity contribution in [1.82, 2.24) is 34.7 Å². The number of amides is 1. The summed E-state index contributed by atoms with van der Waals surface area (Å²) in [6, 6.07) is 3.02. The van der Waals surface area contributed by atoms with Crippen molar-refractivity contribution in [2.24, 2.45) is 0 Å². The van der Waals surface area contributed by atoms with Gasteiger partial charge >= 0.3 is 18.0 Å². The summed E-state index contributed by atoms with van der Waals surface area (Å²) < 4.78 is 59.9. The van der Waals surface area contributed by atoms with Crippen LogP contribution in [0.5, 0.6) is 0 Å². The highest BCUT2D eigenvalue weighted by Gasteiger charge is 2.39. The molecule has 13 heteroatoms. The summed E-state index contributed by atoms with van der Waals surface area (Å²) >= 11 is 0. The third kappa shape index (κ3) is 3.62. The minimum absolute atomic E-state index is 0.219. The molecule has 0 spiro atoms. The summed E-state index contributed by atoms with van der Waals surface area (Å²) in [7, 11) is 0. The van der Waals surface area contributed by atoms with Gasteiger partial charge in [0.05, 0.1) is 28.8 Å². The summed E-state index contributed by atoms with van der Waals surface area (Å²) in [6.07, 6.45) is -1.73. The van der Waals surface area contributed by atoms with E-state index in [-0.39, 0.29) is 12.4 Å². The number of hydrogen-bond donors (Lipinski definition) is 1. The van der Waals surface area contributed by atoms with Crippen LogP contribution in [0.4, 0.5) is 17.6 Å². The zero-order chi connectivity index (χ0) is 23.5. The molecule has 1 atom stereocenters. The number of carbonyl (C=O) groups excluding carboxylic acids is 1. The zero-order valence-electron chi connectivity index (χ0n) is 17.4. The standard InChI is InChI=1S/C20H17F4N7O2/c1-19(2,21)18-28-27-16(33-18)17(32)30-6-5-12-14(26-9-25-12)15(30)13-7-11-4-3-10(20(22,23)24)8-31(11)29-13/h3-4,7-9,15H,5-6H2,1-2H3,(H,25,26). The highest BCUT2D eigenvalue weighted by atomic mass is 19.4. The maximum Gasteiger partial charge on any atom is 0.417 e. The molecule has 0 saturated carbocycles. The number of aromatic nitrogens is 6. The molecule has 0 aromatic carbocycles. The fourth-order valence-electron chi connectivity index (χ4n) is 3.78. The number of aromatic amines is 1. The minimum Gasteiger partial charge on any atom is -0.413 e. The van der Waals surface area contributed by atoms with Crippen molar-refractivity contribution in [3.8, 4) is 0 Å². The van der Waals surface area contributed by atoms with Crippen molar-refractivity contribution in [2.75, 3.05) is 6.54 Å². The van der Waals surface area contributed by atoms with E-state index in [1.165, 1.54) is 31.1 Å². The molecule has 0 bridgehead atoms. The molecule has 1 aliphatic rings. The van der Waals surface area contributed by atoms with Gasteiger partial charge in [0.2, 0.25) is 0 Å². The van der Waals surface area contributed by atoms with Crippen LogP contribution < -0.4 is 0 Å². The molecule has 5 rings (SSSR count). The van der Waals surface area contributed by atoms with E-state index in [0.717, 1.165) is 22.5 Å². The first-order valence-electron chi connectivity index (χ1n) is 9.95. The van der Waals surface area contributed by atoms with Crippen molar-refractivity contribution in [3.63, 3.8) is 0 Å². The highest BCUT2D eigenvalue weighted by Crippen LogP contribution is 2.35. The second-order valence-electron chi connectivity index (χ2n) is 8.16. The van der Waals surface area contributed by atoms with E-state index >= 15 is 0 Å². The molecule has 9 nitrogen and oxygen atoms in total. The molecule has 0 fully saturated rings. The molecule has 33 heavy (non-hydrogen) atoms. The maximum atomic E-state index is 14.1. The smallest absolute Gasteiger partial charge is 0.413 e. The van der Waals surface area contributed by atoms with Crippen LogP contribution in [-0.4, -0.2) is 47.1 Å². The summed E-state index contributed by atoms with van der Waals surface area (Å²) in [6.45, 7) is 2.66. The Balaban J connectivity index is 1.57. The Hall–Kier alpha value is -3.77. The lowest BCUT2D eigenvalue weighted by Gasteiger charge is -2.32. The largest absolute Gasteiger partial charge is 0.417 e. The summed E-state index contributed by atoms with van der Waals surface area (Å²) in [4.78, 5) is 21.9. The first-order chi connectivity index (χ1) is 15.5. The number of halogens is 4. The van der Waals surface area contributed by atoms with Gasteiger partial charge in [0.1, 0.15) is 6.04 Å². The van der Waals surface area contributed by atoms with E-state index in [9.17, 15) is 22.4 Å². The number of fused-ring (bicyclic) bond motifs is 2. The van der Waals surface area contributed by atoms with E-state index in [2.05, 4.69) is 25.3 Å². The van der Waals surface area contributed by atoms with Crippen LogP contribution >= 0.6 is 0 Å². The number of pyridine rings is 1. The normalized spacial score (nSPS) is 16.9. The first kappa shape index (κ1) is 21.1. The van der Waals surface area contributed by atoms with E-state index in [1.807, 2.05) is 0 Å². The lowest BCUT2D eigenvalue weighted by molar-refractivity contribution is -0.137. The number of imidazole rings is 1. The monoisotopic (exact) mass is 463 g/mol. The zero-order valence-corrected chi connectivity index (χ0v) is 17.4. The fraction of sp³-hybridized carbons (Fsp3) is 0.350. The van der Waals surface area contributed by atoms with Crippen LogP contribution in [0.25, 0.3) is 5.52 Å². The van der Waals surface area contributed by atoms with Crippen LogP contribution in [0.2, 0.25) is 0 Å². The van der Waals surface area contributed by atoms with Crippen molar-refractivity contribution in [3.05, 3.63) is 65.1 Å². The molecule has 0 radical (unpaired) electrons. The number of H-pyrrole nitrogens is 1. The highest BCUT2D eigenvalue weighted by molar-refractivity contribution is 5.90. The Morgan fingerprint density at radius 3 is 2.70 bits per heavy atom. The third-order valence-electron chi connectivity index (χ3n) is 5.39. The number of nitrogens with one attached hydrogen (secondary N) is 1. The molecule has 4 aromatic heterocycles. The molecule has 5 heterocycles. The average Bonchev–Trinajstić information content (AvgIpc) is 3.49. The van der Waals surface area contributed by atoms with E-state index < -0.39 is 35.2 Å². The molecular weight excluding hydrogens is 446 g/mol. The summed E-state index contributed by atoms with van der Waals surface area (Å²) in [5.74, 6) is -1.40. The van der Waals surface area contributed by atoms with Gasteiger partial charge in [-0.15, -0.1) is 10.2 Å². The number of nitrogens with zero attached hydrogens (tertiary/aromatic N) is 6. The quantitative estimate of drug-likeness (QED) is 0.467. The van der Waals surface area contributed by atoms with Gasteiger partial charge in [-0.05, 0) is 32.0 Å². The predicted molar refractivity (Wildman–Crippen MR) is 104 cm³/mol. The Morgan fingerprint density at radius 1 is 1.21 bits per heavy atom. The van der Waals surface area contributed by atoms with Crippen LogP contribution in [0.15, 0.2) is 35.1 Å². The molecule has 1 unspecified atom stereocenters. The first-order valence-corrected chi connectivity index (χ1v) is 9.95. The Labute approximate surface area is 183 Å². The second kappa shape index (κ2) is 7.12. The number of hydrogen-bond acceptors (Lipinski definition) is 6. The Kier molecular flexibility index (Phi) is 4.55. The summed E-state index contributed by atoms with van der Waals surface area (Å²) in [5, 5.41) is 11.6. The van der Waals surface area contributed by atoms with Crippen LogP contribution in [0.3, 0.4) is 0 Å². The van der Waals surface area contributed by atoms with Crippen molar-refractivity contribution < 1.29 is 26.8 Å². The van der Waals surface area contributed by atoms with Gasteiger partial charge in [-0.1, -0.05) is 0 Å². The summed E-state index contributed by atoms with van der Waals surface area (Å²) in [5.41, 5.74) is -0.796. The van der Waals surface area contributed by atoms with Gasteiger partial charge in [-0.3, -0.25) is 4.79 Å². The van der Waals surface area contributed by atoms with Crippen molar-refractivity contribution in [2.45, 2.75) is 38.2 Å². The maximum absolute atomic E-state index is 14.1. The number of rotatable bonds is 3. The van der Waals surface area contributed by atoms with Gasteiger partial charge in [0.15, 0.2) is 5.67 Å².